The van der Waals surface area contributed by atoms with Crippen molar-refractivity contribution in [2.75, 3.05) is 16.0 Å². The standard InChI is InChI=1S/C28H24N6O2/c1-18-8-10-21(11-9-18)30-26-16-19(2)29-28(33-26)32-23-14-12-22(13-15-23)31-27(35)24-17-25(36-34-24)20-6-4-3-5-7-20/h3-17H,1-2H3,(H,31,35)(H2,29,30,32,33). The third-order valence-electron chi connectivity index (χ3n) is 5.38. The molecular weight excluding hydrogens is 452 g/mol. The first-order valence-corrected chi connectivity index (χ1v) is 11.4. The van der Waals surface area contributed by atoms with Crippen molar-refractivity contribution in [3.8, 4) is 11.3 Å². The molecule has 0 fully saturated rings. The molecule has 1 amide bonds. The minimum absolute atomic E-state index is 0.206. The van der Waals surface area contributed by atoms with E-state index in [1.165, 1.54) is 5.56 Å². The van der Waals surface area contributed by atoms with Crippen LogP contribution >= 0.6 is 0 Å². The molecule has 8 nitrogen and oxygen atoms in total. The van der Waals surface area contributed by atoms with E-state index < -0.39 is 0 Å². The van der Waals surface area contributed by atoms with Crippen LogP contribution in [0.2, 0.25) is 0 Å². The highest BCUT2D eigenvalue weighted by atomic mass is 16.5. The van der Waals surface area contributed by atoms with Crippen LogP contribution in [0, 0.1) is 13.8 Å². The average Bonchev–Trinajstić information content (AvgIpc) is 3.38. The molecule has 0 spiro atoms. The van der Waals surface area contributed by atoms with Gasteiger partial charge in [-0.1, -0.05) is 53.2 Å². The largest absolute Gasteiger partial charge is 0.355 e. The van der Waals surface area contributed by atoms with E-state index >= 15 is 0 Å². The first kappa shape index (κ1) is 22.8. The highest BCUT2D eigenvalue weighted by Crippen LogP contribution is 2.23. The monoisotopic (exact) mass is 476 g/mol. The van der Waals surface area contributed by atoms with Gasteiger partial charge in [0, 0.05) is 40.5 Å². The zero-order valence-corrected chi connectivity index (χ0v) is 19.8. The van der Waals surface area contributed by atoms with E-state index in [1.54, 1.807) is 18.2 Å². The van der Waals surface area contributed by atoms with Crippen molar-refractivity contribution in [1.29, 1.82) is 0 Å². The summed E-state index contributed by atoms with van der Waals surface area (Å²) in [7, 11) is 0. The molecule has 0 aliphatic rings. The Morgan fingerprint density at radius 1 is 0.750 bits per heavy atom. The molecular formula is C28H24N6O2. The second-order valence-corrected chi connectivity index (χ2v) is 8.31. The maximum atomic E-state index is 12.6. The fourth-order valence-electron chi connectivity index (χ4n) is 3.56. The second kappa shape index (κ2) is 10.1. The van der Waals surface area contributed by atoms with Crippen LogP contribution in [0.25, 0.3) is 11.3 Å². The smallest absolute Gasteiger partial charge is 0.277 e. The zero-order chi connectivity index (χ0) is 24.9. The SMILES string of the molecule is Cc1ccc(Nc2cc(C)nc(Nc3ccc(NC(=O)c4cc(-c5ccccc5)on4)cc3)n2)cc1. The molecule has 2 heterocycles. The summed E-state index contributed by atoms with van der Waals surface area (Å²) in [6.45, 7) is 3.96. The molecule has 0 aliphatic carbocycles. The van der Waals surface area contributed by atoms with Crippen LogP contribution < -0.4 is 16.0 Å². The molecule has 0 unspecified atom stereocenters. The van der Waals surface area contributed by atoms with Crippen molar-refractivity contribution in [2.24, 2.45) is 0 Å². The number of amides is 1. The van der Waals surface area contributed by atoms with E-state index in [0.717, 1.165) is 22.6 Å². The third-order valence-corrected chi connectivity index (χ3v) is 5.38. The van der Waals surface area contributed by atoms with E-state index in [9.17, 15) is 4.79 Å². The van der Waals surface area contributed by atoms with Crippen molar-refractivity contribution in [3.05, 3.63) is 108 Å². The number of anilines is 5. The molecule has 0 bridgehead atoms. The topological polar surface area (TPSA) is 105 Å². The summed E-state index contributed by atoms with van der Waals surface area (Å²) in [4.78, 5) is 21.6. The van der Waals surface area contributed by atoms with E-state index in [2.05, 4.69) is 31.1 Å². The number of hydrogen-bond donors (Lipinski definition) is 3. The fourth-order valence-corrected chi connectivity index (χ4v) is 3.56. The Balaban J connectivity index is 1.23. The number of rotatable bonds is 7. The van der Waals surface area contributed by atoms with Gasteiger partial charge >= 0.3 is 0 Å². The van der Waals surface area contributed by atoms with Gasteiger partial charge in [-0.25, -0.2) is 4.98 Å². The Kier molecular flexibility index (Phi) is 6.40. The number of aromatic nitrogens is 3. The van der Waals surface area contributed by atoms with Gasteiger partial charge in [0.2, 0.25) is 5.95 Å². The molecule has 0 atom stereocenters. The van der Waals surface area contributed by atoms with E-state index in [-0.39, 0.29) is 11.6 Å². The van der Waals surface area contributed by atoms with Gasteiger partial charge in [0.25, 0.3) is 5.91 Å². The second-order valence-electron chi connectivity index (χ2n) is 8.31. The van der Waals surface area contributed by atoms with Gasteiger partial charge in [-0.05, 0) is 50.2 Å². The molecule has 5 aromatic rings. The minimum atomic E-state index is -0.351. The summed E-state index contributed by atoms with van der Waals surface area (Å²) in [5.41, 5.74) is 5.45. The average molecular weight is 477 g/mol. The zero-order valence-electron chi connectivity index (χ0n) is 19.8. The molecule has 0 aliphatic heterocycles. The quantitative estimate of drug-likeness (QED) is 0.247. The van der Waals surface area contributed by atoms with Crippen LogP contribution in [0.15, 0.2) is 95.5 Å². The van der Waals surface area contributed by atoms with E-state index in [1.807, 2.05) is 86.6 Å². The molecule has 0 saturated heterocycles. The Morgan fingerprint density at radius 2 is 1.42 bits per heavy atom. The van der Waals surface area contributed by atoms with Gasteiger partial charge in [0.1, 0.15) is 5.82 Å². The van der Waals surface area contributed by atoms with Crippen molar-refractivity contribution in [3.63, 3.8) is 0 Å². The van der Waals surface area contributed by atoms with E-state index in [4.69, 9.17) is 4.52 Å². The first-order valence-electron chi connectivity index (χ1n) is 11.4. The van der Waals surface area contributed by atoms with Gasteiger partial charge in [0.05, 0.1) is 0 Å². The number of nitrogens with one attached hydrogen (secondary N) is 3. The van der Waals surface area contributed by atoms with Crippen LogP contribution in [0.4, 0.5) is 28.8 Å². The van der Waals surface area contributed by atoms with Crippen molar-refractivity contribution < 1.29 is 9.32 Å². The molecule has 8 heteroatoms. The molecule has 3 aromatic carbocycles. The van der Waals surface area contributed by atoms with E-state index in [0.29, 0.717) is 23.2 Å². The number of nitrogens with zero attached hydrogens (tertiary/aromatic N) is 3. The normalized spacial score (nSPS) is 10.6. The predicted molar refractivity (Wildman–Crippen MR) is 141 cm³/mol. The maximum absolute atomic E-state index is 12.6. The van der Waals surface area contributed by atoms with Gasteiger partial charge in [-0.2, -0.15) is 4.98 Å². The summed E-state index contributed by atoms with van der Waals surface area (Å²) in [6.07, 6.45) is 0. The molecule has 3 N–H and O–H groups in total. The van der Waals surface area contributed by atoms with Crippen LogP contribution in [0.1, 0.15) is 21.7 Å². The van der Waals surface area contributed by atoms with Gasteiger partial charge in [-0.3, -0.25) is 4.79 Å². The predicted octanol–water partition coefficient (Wildman–Crippen LogP) is 6.49. The van der Waals surface area contributed by atoms with Crippen LogP contribution in [-0.4, -0.2) is 21.0 Å². The third kappa shape index (κ3) is 5.56. The van der Waals surface area contributed by atoms with Gasteiger partial charge in [-0.15, -0.1) is 0 Å². The van der Waals surface area contributed by atoms with Crippen LogP contribution in [0.3, 0.4) is 0 Å². The lowest BCUT2D eigenvalue weighted by Crippen LogP contribution is -2.12. The molecule has 5 rings (SSSR count). The summed E-state index contributed by atoms with van der Waals surface area (Å²) >= 11 is 0. The maximum Gasteiger partial charge on any atom is 0.277 e. The number of carbonyl (C=O) groups is 1. The van der Waals surface area contributed by atoms with Gasteiger partial charge < -0.3 is 20.5 Å². The van der Waals surface area contributed by atoms with Gasteiger partial charge in [0.15, 0.2) is 11.5 Å². The Morgan fingerprint density at radius 3 is 2.17 bits per heavy atom. The lowest BCUT2D eigenvalue weighted by Gasteiger charge is -2.11. The summed E-state index contributed by atoms with van der Waals surface area (Å²) in [5, 5.41) is 13.2. The first-order chi connectivity index (χ1) is 17.5. The highest BCUT2D eigenvalue weighted by Gasteiger charge is 2.14. The minimum Gasteiger partial charge on any atom is -0.355 e. The van der Waals surface area contributed by atoms with Crippen molar-refractivity contribution >= 4 is 34.7 Å². The number of hydrogen-bond acceptors (Lipinski definition) is 7. The summed E-state index contributed by atoms with van der Waals surface area (Å²) in [6, 6.07) is 28.4. The summed E-state index contributed by atoms with van der Waals surface area (Å²) in [5.74, 6) is 1.35. The van der Waals surface area contributed by atoms with Crippen molar-refractivity contribution in [1.82, 2.24) is 15.1 Å². The lowest BCUT2D eigenvalue weighted by molar-refractivity contribution is 0.101. The molecule has 0 saturated carbocycles. The Hall–Kier alpha value is -4.98. The molecule has 178 valence electrons. The Labute approximate surface area is 208 Å². The Bertz CT molecular complexity index is 1480. The highest BCUT2D eigenvalue weighted by molar-refractivity contribution is 6.03. The molecule has 36 heavy (non-hydrogen) atoms. The lowest BCUT2D eigenvalue weighted by atomic mass is 10.1. The summed E-state index contributed by atoms with van der Waals surface area (Å²) < 4.78 is 5.32. The van der Waals surface area contributed by atoms with Crippen molar-refractivity contribution in [2.45, 2.75) is 13.8 Å². The van der Waals surface area contributed by atoms with Crippen LogP contribution in [0.5, 0.6) is 0 Å². The van der Waals surface area contributed by atoms with Crippen LogP contribution in [-0.2, 0) is 0 Å². The number of aryl methyl sites for hydroxylation is 2. The molecule has 2 aromatic heterocycles. The number of carbonyl (C=O) groups excluding carboxylic acids is 1. The fraction of sp³-hybridized carbons (Fsp3) is 0.0714. The number of benzene rings is 3. The molecule has 0 radical (unpaired) electrons.